The van der Waals surface area contributed by atoms with Gasteiger partial charge in [0.05, 0.1) is 17.7 Å². The molecule has 4 rings (SSSR count). The quantitative estimate of drug-likeness (QED) is 0.868. The lowest BCUT2D eigenvalue weighted by atomic mass is 9.89. The van der Waals surface area contributed by atoms with Crippen LogP contribution in [0.5, 0.6) is 5.75 Å². The van der Waals surface area contributed by atoms with Crippen molar-refractivity contribution in [3.63, 3.8) is 0 Å². The van der Waals surface area contributed by atoms with E-state index in [0.29, 0.717) is 17.2 Å². The van der Waals surface area contributed by atoms with Crippen molar-refractivity contribution < 1.29 is 13.2 Å². The number of methoxy groups -OCH3 is 1. The Hall–Kier alpha value is -2.27. The van der Waals surface area contributed by atoms with E-state index >= 15 is 0 Å². The zero-order chi connectivity index (χ0) is 16.0. The van der Waals surface area contributed by atoms with Gasteiger partial charge in [0.15, 0.2) is 0 Å². The Morgan fingerprint density at radius 1 is 1.13 bits per heavy atom. The average Bonchev–Trinajstić information content (AvgIpc) is 2.97. The Morgan fingerprint density at radius 3 is 2.65 bits per heavy atom. The van der Waals surface area contributed by atoms with E-state index in [1.54, 1.807) is 35.7 Å². The summed E-state index contributed by atoms with van der Waals surface area (Å²) < 4.78 is 32.8. The molecule has 1 aliphatic heterocycles. The molecule has 0 N–H and O–H groups in total. The number of nitrogens with zero attached hydrogens (tertiary/aromatic N) is 1. The van der Waals surface area contributed by atoms with Gasteiger partial charge in [-0.05, 0) is 47.9 Å². The molecule has 118 valence electrons. The predicted molar refractivity (Wildman–Crippen MR) is 90.4 cm³/mol. The van der Waals surface area contributed by atoms with Crippen molar-refractivity contribution >= 4 is 21.8 Å². The second-order valence-corrected chi connectivity index (χ2v) is 7.69. The highest BCUT2D eigenvalue weighted by molar-refractivity contribution is 7.92. The zero-order valence-electron chi connectivity index (χ0n) is 12.8. The van der Waals surface area contributed by atoms with Gasteiger partial charge < -0.3 is 4.74 Å². The fourth-order valence-electron chi connectivity index (χ4n) is 3.42. The summed E-state index contributed by atoms with van der Waals surface area (Å²) in [5, 5.41) is 0. The molecule has 1 atom stereocenters. The van der Waals surface area contributed by atoms with Crippen LogP contribution in [0.3, 0.4) is 0 Å². The topological polar surface area (TPSA) is 46.6 Å². The van der Waals surface area contributed by atoms with E-state index in [0.717, 1.165) is 23.2 Å². The molecular formula is C18H17NO3S. The molecule has 0 amide bonds. The van der Waals surface area contributed by atoms with Gasteiger partial charge >= 0.3 is 0 Å². The molecule has 2 aromatic carbocycles. The van der Waals surface area contributed by atoms with Gasteiger partial charge in [-0.1, -0.05) is 24.3 Å². The lowest BCUT2D eigenvalue weighted by Crippen LogP contribution is -2.29. The van der Waals surface area contributed by atoms with Gasteiger partial charge in [0.2, 0.25) is 0 Å². The van der Waals surface area contributed by atoms with Crippen LogP contribution in [-0.4, -0.2) is 22.1 Å². The van der Waals surface area contributed by atoms with Crippen LogP contribution < -0.4 is 9.04 Å². The van der Waals surface area contributed by atoms with Crippen LogP contribution in [0, 0.1) is 0 Å². The van der Waals surface area contributed by atoms with Crippen LogP contribution in [0.1, 0.15) is 23.5 Å². The molecule has 1 unspecified atom stereocenters. The minimum atomic E-state index is -3.56. The lowest BCUT2D eigenvalue weighted by Gasteiger charge is -2.20. The summed E-state index contributed by atoms with van der Waals surface area (Å²) in [6.07, 6.45) is 5.09. The third kappa shape index (κ3) is 2.15. The maximum atomic E-state index is 13.1. The Balaban J connectivity index is 1.79. The van der Waals surface area contributed by atoms with E-state index in [1.807, 2.05) is 18.2 Å². The van der Waals surface area contributed by atoms with Crippen LogP contribution in [0.25, 0.3) is 6.08 Å². The number of sulfonamides is 1. The largest absolute Gasteiger partial charge is 0.497 e. The second-order valence-electron chi connectivity index (χ2n) is 5.83. The molecule has 1 aliphatic carbocycles. The maximum Gasteiger partial charge on any atom is 0.264 e. The third-order valence-electron chi connectivity index (χ3n) is 4.55. The zero-order valence-corrected chi connectivity index (χ0v) is 13.6. The predicted octanol–water partition coefficient (Wildman–Crippen LogP) is 3.40. The number of hydrogen-bond donors (Lipinski definition) is 0. The Kier molecular flexibility index (Phi) is 3.20. The Labute approximate surface area is 136 Å². The van der Waals surface area contributed by atoms with Gasteiger partial charge in [-0.25, -0.2) is 8.42 Å². The first-order valence-electron chi connectivity index (χ1n) is 7.57. The monoisotopic (exact) mass is 327 g/mol. The van der Waals surface area contributed by atoms with Crippen LogP contribution in [-0.2, 0) is 10.0 Å². The first-order valence-corrected chi connectivity index (χ1v) is 9.01. The summed E-state index contributed by atoms with van der Waals surface area (Å²) in [6, 6.07) is 12.4. The summed E-state index contributed by atoms with van der Waals surface area (Å²) >= 11 is 0. The highest BCUT2D eigenvalue weighted by Crippen LogP contribution is 2.45. The number of rotatable bonds is 3. The van der Waals surface area contributed by atoms with Gasteiger partial charge in [0.1, 0.15) is 5.75 Å². The summed E-state index contributed by atoms with van der Waals surface area (Å²) in [7, 11) is -1.99. The molecule has 2 aromatic rings. The highest BCUT2D eigenvalue weighted by Gasteiger charge is 2.38. The van der Waals surface area contributed by atoms with Crippen molar-refractivity contribution in [1.82, 2.24) is 0 Å². The van der Waals surface area contributed by atoms with E-state index in [4.69, 9.17) is 4.74 Å². The number of benzene rings is 2. The molecule has 5 heteroatoms. The molecule has 0 aromatic heterocycles. The molecular weight excluding hydrogens is 310 g/mol. The van der Waals surface area contributed by atoms with Gasteiger partial charge in [0, 0.05) is 12.5 Å². The molecule has 0 radical (unpaired) electrons. The van der Waals surface area contributed by atoms with Gasteiger partial charge in [-0.15, -0.1) is 0 Å². The minimum Gasteiger partial charge on any atom is -0.497 e. The molecule has 0 spiro atoms. The molecule has 0 saturated heterocycles. The van der Waals surface area contributed by atoms with E-state index in [9.17, 15) is 8.42 Å². The molecule has 0 fully saturated rings. The number of ether oxygens (including phenoxy) is 1. The van der Waals surface area contributed by atoms with Crippen LogP contribution in [0.2, 0.25) is 0 Å². The standard InChI is InChI=1S/C18H17NO3S/c1-22-15-8-10-16(11-9-15)23(20,21)19-12-14-6-2-4-13-5-3-7-17(19)18(13)14/h2-5,7-11,14H,6,12H2,1H3. The fourth-order valence-corrected chi connectivity index (χ4v) is 4.95. The van der Waals surface area contributed by atoms with Crippen molar-refractivity contribution in [2.24, 2.45) is 0 Å². The number of hydrogen-bond acceptors (Lipinski definition) is 3. The minimum absolute atomic E-state index is 0.249. The summed E-state index contributed by atoms with van der Waals surface area (Å²) in [6.45, 7) is 0.505. The van der Waals surface area contributed by atoms with Gasteiger partial charge in [-0.3, -0.25) is 4.31 Å². The molecule has 1 heterocycles. The van der Waals surface area contributed by atoms with E-state index in [2.05, 4.69) is 12.2 Å². The normalized spacial score (nSPS) is 18.8. The third-order valence-corrected chi connectivity index (χ3v) is 6.34. The first-order chi connectivity index (χ1) is 11.1. The first kappa shape index (κ1) is 14.3. The fraction of sp³-hybridized carbons (Fsp3) is 0.222. The average molecular weight is 327 g/mol. The molecule has 23 heavy (non-hydrogen) atoms. The molecule has 0 bridgehead atoms. The van der Waals surface area contributed by atoms with Crippen molar-refractivity contribution in [3.8, 4) is 5.75 Å². The summed E-state index contributed by atoms with van der Waals surface area (Å²) in [4.78, 5) is 0.294. The SMILES string of the molecule is COc1ccc(S(=O)(=O)N2CC3CC=Cc4cccc2c43)cc1. The molecule has 4 nitrogen and oxygen atoms in total. The molecule has 2 aliphatic rings. The van der Waals surface area contributed by atoms with Crippen LogP contribution in [0.15, 0.2) is 53.4 Å². The number of anilines is 1. The summed E-state index contributed by atoms with van der Waals surface area (Å²) in [5.74, 6) is 0.896. The van der Waals surface area contributed by atoms with Gasteiger partial charge in [-0.2, -0.15) is 0 Å². The van der Waals surface area contributed by atoms with E-state index in [-0.39, 0.29) is 5.92 Å². The van der Waals surface area contributed by atoms with Gasteiger partial charge in [0.25, 0.3) is 10.0 Å². The highest BCUT2D eigenvalue weighted by atomic mass is 32.2. The van der Waals surface area contributed by atoms with Crippen molar-refractivity contribution in [1.29, 1.82) is 0 Å². The van der Waals surface area contributed by atoms with Crippen molar-refractivity contribution in [2.75, 3.05) is 18.0 Å². The smallest absolute Gasteiger partial charge is 0.264 e. The Bertz CT molecular complexity index is 885. The summed E-state index contributed by atoms with van der Waals surface area (Å²) in [5.41, 5.74) is 3.10. The van der Waals surface area contributed by atoms with Crippen LogP contribution in [0.4, 0.5) is 5.69 Å². The lowest BCUT2D eigenvalue weighted by molar-refractivity contribution is 0.414. The van der Waals surface area contributed by atoms with Crippen molar-refractivity contribution in [2.45, 2.75) is 17.2 Å². The van der Waals surface area contributed by atoms with Crippen molar-refractivity contribution in [3.05, 3.63) is 59.7 Å². The van der Waals surface area contributed by atoms with E-state index in [1.165, 1.54) is 0 Å². The second kappa shape index (κ2) is 5.13. The van der Waals surface area contributed by atoms with Crippen LogP contribution >= 0.6 is 0 Å². The maximum absolute atomic E-state index is 13.1. The molecule has 0 saturated carbocycles. The number of allylic oxidation sites excluding steroid dienone is 1. The Morgan fingerprint density at radius 2 is 1.91 bits per heavy atom. The van der Waals surface area contributed by atoms with E-state index < -0.39 is 10.0 Å².